The second kappa shape index (κ2) is 9.27. The zero-order valence-electron chi connectivity index (χ0n) is 16.1. The van der Waals surface area contributed by atoms with Crippen LogP contribution in [0.2, 0.25) is 0 Å². The van der Waals surface area contributed by atoms with Gasteiger partial charge in [0, 0.05) is 5.56 Å². The Morgan fingerprint density at radius 1 is 1.03 bits per heavy atom. The molecule has 0 saturated heterocycles. The molecule has 3 aromatic rings. The molecule has 0 atom stereocenters. The molecule has 6 heteroatoms. The predicted molar refractivity (Wildman–Crippen MR) is 112 cm³/mol. The number of carbonyl (C=O) groups excluding carboxylic acids is 2. The molecule has 0 amide bonds. The van der Waals surface area contributed by atoms with E-state index in [1.165, 1.54) is 37.7 Å². The SMILES string of the molecule is O=C(CSc1nc2ccccc2o1)OCC(=O)c1ccc(C2CCCCC2)cc1. The van der Waals surface area contributed by atoms with Gasteiger partial charge in [-0.1, -0.05) is 67.4 Å². The van der Waals surface area contributed by atoms with Crippen LogP contribution in [-0.2, 0) is 9.53 Å². The van der Waals surface area contributed by atoms with E-state index >= 15 is 0 Å². The van der Waals surface area contributed by atoms with Crippen LogP contribution in [0.1, 0.15) is 53.9 Å². The highest BCUT2D eigenvalue weighted by Gasteiger charge is 2.17. The maximum atomic E-state index is 12.3. The van der Waals surface area contributed by atoms with Gasteiger partial charge in [-0.15, -0.1) is 0 Å². The van der Waals surface area contributed by atoms with Gasteiger partial charge in [0.05, 0.1) is 0 Å². The number of carbonyl (C=O) groups is 2. The first-order valence-corrected chi connectivity index (χ1v) is 10.9. The number of benzene rings is 2. The summed E-state index contributed by atoms with van der Waals surface area (Å²) in [5.41, 5.74) is 3.29. The number of ketones is 1. The Labute approximate surface area is 173 Å². The summed E-state index contributed by atoms with van der Waals surface area (Å²) in [5.74, 6) is -0.0137. The van der Waals surface area contributed by atoms with E-state index in [-0.39, 0.29) is 18.1 Å². The predicted octanol–water partition coefficient (Wildman–Crippen LogP) is 5.39. The summed E-state index contributed by atoms with van der Waals surface area (Å²) >= 11 is 1.16. The third-order valence-electron chi connectivity index (χ3n) is 5.26. The van der Waals surface area contributed by atoms with E-state index < -0.39 is 5.97 Å². The van der Waals surface area contributed by atoms with Gasteiger partial charge in [-0.3, -0.25) is 9.59 Å². The summed E-state index contributed by atoms with van der Waals surface area (Å²) in [5, 5.41) is 0.410. The molecule has 0 bridgehead atoms. The first kappa shape index (κ1) is 19.7. The molecule has 1 aromatic heterocycles. The van der Waals surface area contributed by atoms with Crippen molar-refractivity contribution >= 4 is 34.6 Å². The van der Waals surface area contributed by atoms with E-state index in [0.717, 1.165) is 17.3 Å². The number of Topliss-reactive ketones (excluding diaryl/α,β-unsaturated/α-hetero) is 1. The van der Waals surface area contributed by atoms with Crippen molar-refractivity contribution in [3.05, 3.63) is 59.7 Å². The van der Waals surface area contributed by atoms with Gasteiger partial charge >= 0.3 is 5.97 Å². The van der Waals surface area contributed by atoms with Crippen molar-refractivity contribution in [1.82, 2.24) is 4.98 Å². The molecular weight excluding hydrogens is 386 g/mol. The molecule has 2 aromatic carbocycles. The van der Waals surface area contributed by atoms with Crippen molar-refractivity contribution in [2.75, 3.05) is 12.4 Å². The van der Waals surface area contributed by atoms with Crippen molar-refractivity contribution in [2.24, 2.45) is 0 Å². The van der Waals surface area contributed by atoms with Gasteiger partial charge in [0.2, 0.25) is 0 Å². The average Bonchev–Trinajstić information content (AvgIpc) is 3.20. The second-order valence-electron chi connectivity index (χ2n) is 7.28. The molecule has 29 heavy (non-hydrogen) atoms. The number of oxazole rings is 1. The Morgan fingerprint density at radius 3 is 2.55 bits per heavy atom. The van der Waals surface area contributed by atoms with Crippen molar-refractivity contribution in [1.29, 1.82) is 0 Å². The molecule has 1 heterocycles. The minimum Gasteiger partial charge on any atom is -0.457 e. The van der Waals surface area contributed by atoms with Gasteiger partial charge in [-0.2, -0.15) is 0 Å². The van der Waals surface area contributed by atoms with Crippen molar-refractivity contribution in [2.45, 2.75) is 43.2 Å². The maximum absolute atomic E-state index is 12.3. The molecule has 1 aliphatic rings. The van der Waals surface area contributed by atoms with Crippen LogP contribution in [0.5, 0.6) is 0 Å². The number of rotatable bonds is 7. The minimum absolute atomic E-state index is 0.0424. The number of thioether (sulfide) groups is 1. The van der Waals surface area contributed by atoms with Gasteiger partial charge in [0.1, 0.15) is 11.3 Å². The lowest BCUT2D eigenvalue weighted by Crippen LogP contribution is -2.15. The zero-order chi connectivity index (χ0) is 20.1. The van der Waals surface area contributed by atoms with Crippen LogP contribution < -0.4 is 0 Å². The second-order valence-corrected chi connectivity index (χ2v) is 8.20. The van der Waals surface area contributed by atoms with E-state index in [0.29, 0.717) is 22.3 Å². The van der Waals surface area contributed by atoms with Gasteiger partial charge in [0.25, 0.3) is 5.22 Å². The quantitative estimate of drug-likeness (QED) is 0.296. The van der Waals surface area contributed by atoms with Gasteiger partial charge < -0.3 is 9.15 Å². The van der Waals surface area contributed by atoms with Crippen molar-refractivity contribution < 1.29 is 18.7 Å². The van der Waals surface area contributed by atoms with E-state index in [4.69, 9.17) is 9.15 Å². The molecule has 1 aliphatic carbocycles. The third-order valence-corrected chi connectivity index (χ3v) is 6.06. The monoisotopic (exact) mass is 409 g/mol. The highest BCUT2D eigenvalue weighted by atomic mass is 32.2. The number of ether oxygens (including phenoxy) is 1. The number of aromatic nitrogens is 1. The molecule has 4 rings (SSSR count). The molecule has 0 radical (unpaired) electrons. The van der Waals surface area contributed by atoms with Gasteiger partial charge in [-0.25, -0.2) is 4.98 Å². The number of hydrogen-bond acceptors (Lipinski definition) is 6. The van der Waals surface area contributed by atoms with Crippen molar-refractivity contribution in [3.63, 3.8) is 0 Å². The fourth-order valence-electron chi connectivity index (χ4n) is 3.68. The molecule has 0 aliphatic heterocycles. The molecule has 1 fully saturated rings. The lowest BCUT2D eigenvalue weighted by atomic mass is 9.84. The molecule has 150 valence electrons. The molecule has 1 saturated carbocycles. The van der Waals surface area contributed by atoms with E-state index in [1.807, 2.05) is 48.5 Å². The van der Waals surface area contributed by atoms with Crippen LogP contribution >= 0.6 is 11.8 Å². The van der Waals surface area contributed by atoms with Crippen LogP contribution in [0.4, 0.5) is 0 Å². The number of esters is 1. The van der Waals surface area contributed by atoms with Crippen LogP contribution in [0, 0.1) is 0 Å². The highest BCUT2D eigenvalue weighted by molar-refractivity contribution is 7.99. The van der Waals surface area contributed by atoms with Crippen LogP contribution in [-0.4, -0.2) is 29.1 Å². The number of para-hydroxylation sites is 2. The van der Waals surface area contributed by atoms with E-state index in [2.05, 4.69) is 4.98 Å². The van der Waals surface area contributed by atoms with E-state index in [9.17, 15) is 9.59 Å². The Hall–Kier alpha value is -2.60. The largest absolute Gasteiger partial charge is 0.457 e. The molecule has 5 nitrogen and oxygen atoms in total. The van der Waals surface area contributed by atoms with Crippen molar-refractivity contribution in [3.8, 4) is 0 Å². The van der Waals surface area contributed by atoms with Gasteiger partial charge in [-0.05, 0) is 36.5 Å². The summed E-state index contributed by atoms with van der Waals surface area (Å²) < 4.78 is 10.7. The molecule has 0 unspecified atom stereocenters. The van der Waals surface area contributed by atoms with E-state index in [1.54, 1.807) is 0 Å². The lowest BCUT2D eigenvalue weighted by Gasteiger charge is -2.22. The first-order chi connectivity index (χ1) is 14.2. The summed E-state index contributed by atoms with van der Waals surface area (Å²) in [6.07, 6.45) is 6.33. The summed E-state index contributed by atoms with van der Waals surface area (Å²) in [4.78, 5) is 28.6. The molecule has 0 spiro atoms. The summed E-state index contributed by atoms with van der Waals surface area (Å²) in [7, 11) is 0. The Morgan fingerprint density at radius 2 is 1.79 bits per heavy atom. The normalized spacial score (nSPS) is 14.8. The van der Waals surface area contributed by atoms with Crippen LogP contribution in [0.3, 0.4) is 0 Å². The summed E-state index contributed by atoms with van der Waals surface area (Å²) in [6, 6.07) is 15.2. The van der Waals surface area contributed by atoms with Crippen LogP contribution in [0.25, 0.3) is 11.1 Å². The lowest BCUT2D eigenvalue weighted by molar-refractivity contribution is -0.139. The average molecular weight is 410 g/mol. The standard InChI is InChI=1S/C23H23NO4S/c25-20(18-12-10-17(11-13-18)16-6-2-1-3-7-16)14-27-22(26)15-29-23-24-19-8-4-5-9-21(19)28-23/h4-5,8-13,16H,1-3,6-7,14-15H2. The minimum atomic E-state index is -0.468. The van der Waals surface area contributed by atoms with Crippen LogP contribution in [0.15, 0.2) is 58.2 Å². The smallest absolute Gasteiger partial charge is 0.316 e. The maximum Gasteiger partial charge on any atom is 0.316 e. The molecule has 0 N–H and O–H groups in total. The topological polar surface area (TPSA) is 69.4 Å². The first-order valence-electron chi connectivity index (χ1n) is 9.96. The number of nitrogens with zero attached hydrogens (tertiary/aromatic N) is 1. The Bertz CT molecular complexity index is 957. The number of fused-ring (bicyclic) bond motifs is 1. The zero-order valence-corrected chi connectivity index (χ0v) is 17.0. The summed E-state index contributed by atoms with van der Waals surface area (Å²) in [6.45, 7) is -0.254. The number of hydrogen-bond donors (Lipinski definition) is 0. The Kier molecular flexibility index (Phi) is 6.30. The van der Waals surface area contributed by atoms with Gasteiger partial charge in [0.15, 0.2) is 18.0 Å². The molecular formula is C23H23NO4S. The fraction of sp³-hybridized carbons (Fsp3) is 0.348. The Balaban J connectivity index is 1.24. The third kappa shape index (κ3) is 5.07. The fourth-order valence-corrected chi connectivity index (χ4v) is 4.32. The highest BCUT2D eigenvalue weighted by Crippen LogP contribution is 2.32.